The second kappa shape index (κ2) is 15.2. The van der Waals surface area contributed by atoms with Gasteiger partial charge in [0.25, 0.3) is 0 Å². The largest absolute Gasteiger partial charge is 0.494 e. The first-order valence-electron chi connectivity index (χ1n) is 11.7. The number of ether oxygens (including phenoxy) is 1. The summed E-state index contributed by atoms with van der Waals surface area (Å²) in [7, 11) is 0. The zero-order valence-electron chi connectivity index (χ0n) is 19.4. The quantitative estimate of drug-likeness (QED) is 0.272. The van der Waals surface area contributed by atoms with Crippen molar-refractivity contribution in [3.8, 4) is 0 Å². The smallest absolute Gasteiger partial charge is 0.237 e. The van der Waals surface area contributed by atoms with Gasteiger partial charge in [-0.15, -0.1) is 0 Å². The van der Waals surface area contributed by atoms with Gasteiger partial charge >= 0.3 is 0 Å². The summed E-state index contributed by atoms with van der Waals surface area (Å²) in [4.78, 5) is 12.0. The molecular weight excluding hydrogens is 379 g/mol. The van der Waals surface area contributed by atoms with Crippen molar-refractivity contribution < 1.29 is 13.9 Å². The molecule has 0 radical (unpaired) electrons. The lowest BCUT2D eigenvalue weighted by Gasteiger charge is -2.18. The molecule has 1 aliphatic rings. The van der Waals surface area contributed by atoms with Gasteiger partial charge in [0.1, 0.15) is 11.9 Å². The third-order valence-electron chi connectivity index (χ3n) is 5.94. The number of hydrogen-bond acceptors (Lipinski definition) is 3. The van der Waals surface area contributed by atoms with Crippen molar-refractivity contribution in [1.29, 1.82) is 0 Å². The zero-order valence-corrected chi connectivity index (χ0v) is 19.4. The first kappa shape index (κ1) is 26.4. The van der Waals surface area contributed by atoms with E-state index in [1.165, 1.54) is 0 Å². The van der Waals surface area contributed by atoms with Gasteiger partial charge in [0.2, 0.25) is 5.91 Å². The number of amides is 1. The molecule has 5 atom stereocenters. The number of unbranched alkanes of at least 4 members (excludes halogenated alkanes) is 2. The molecule has 3 N–H and O–H groups in total. The Balaban J connectivity index is 2.15. The van der Waals surface area contributed by atoms with Gasteiger partial charge in [0.15, 0.2) is 0 Å². The summed E-state index contributed by atoms with van der Waals surface area (Å²) in [5.74, 6) is 1.40. The van der Waals surface area contributed by atoms with Crippen LogP contribution in [0, 0.1) is 17.8 Å². The maximum atomic E-state index is 13.4. The topological polar surface area (TPSA) is 64.3 Å². The number of alkyl halides is 1. The molecule has 0 aromatic heterocycles. The van der Waals surface area contributed by atoms with Crippen LogP contribution in [0.1, 0.15) is 72.6 Å². The average Bonchev–Trinajstić information content (AvgIpc) is 2.74. The second-order valence-corrected chi connectivity index (χ2v) is 8.56. The predicted octanol–water partition coefficient (Wildman–Crippen LogP) is 5.45. The molecule has 1 aliphatic carbocycles. The molecule has 0 aromatic rings. The minimum Gasteiger partial charge on any atom is -0.494 e. The van der Waals surface area contributed by atoms with Crippen LogP contribution in [0.25, 0.3) is 0 Å². The number of nitrogens with one attached hydrogen (secondary N) is 1. The number of halogens is 1. The Bertz CT molecular complexity index is 573. The van der Waals surface area contributed by atoms with E-state index in [0.717, 1.165) is 50.7 Å². The van der Waals surface area contributed by atoms with Gasteiger partial charge in [0, 0.05) is 12.5 Å². The van der Waals surface area contributed by atoms with Gasteiger partial charge in [-0.2, -0.15) is 0 Å². The molecular formula is C25H43FN2O2. The molecule has 0 bridgehead atoms. The van der Waals surface area contributed by atoms with Gasteiger partial charge in [0.05, 0.1) is 12.6 Å². The average molecular weight is 423 g/mol. The standard InChI is InChI=1S/C25H43FN2O2/c1-5-11-21(13-10-16-28-25(29)24(27)19(3)6-2)12-8-7-9-17-30-22-14-15-23(26)20(4)18-22/h5,11,14-15,18-21,23-24H,6-10,12-13,16-17,27H2,1-4H3,(H,28,29). The first-order chi connectivity index (χ1) is 14.4. The summed E-state index contributed by atoms with van der Waals surface area (Å²) in [5.41, 5.74) is 5.97. The maximum Gasteiger partial charge on any atom is 0.237 e. The number of rotatable bonds is 15. The van der Waals surface area contributed by atoms with Crippen molar-refractivity contribution in [3.05, 3.63) is 36.1 Å². The summed E-state index contributed by atoms with van der Waals surface area (Å²) in [5, 5.41) is 2.98. The summed E-state index contributed by atoms with van der Waals surface area (Å²) in [6, 6.07) is -0.412. The monoisotopic (exact) mass is 422 g/mol. The van der Waals surface area contributed by atoms with Crippen LogP contribution in [0.2, 0.25) is 0 Å². The Hall–Kier alpha value is -1.62. The van der Waals surface area contributed by atoms with Gasteiger partial charge in [-0.05, 0) is 62.7 Å². The third-order valence-corrected chi connectivity index (χ3v) is 5.94. The fraction of sp³-hybridized carbons (Fsp3) is 0.720. The molecule has 5 unspecified atom stereocenters. The maximum absolute atomic E-state index is 13.4. The van der Waals surface area contributed by atoms with E-state index in [2.05, 4.69) is 31.3 Å². The van der Waals surface area contributed by atoms with Crippen LogP contribution in [0.3, 0.4) is 0 Å². The van der Waals surface area contributed by atoms with E-state index >= 15 is 0 Å². The molecule has 172 valence electrons. The Labute approximate surface area is 183 Å². The zero-order chi connectivity index (χ0) is 22.4. The molecule has 4 nitrogen and oxygen atoms in total. The molecule has 1 amide bonds. The van der Waals surface area contributed by atoms with Crippen LogP contribution >= 0.6 is 0 Å². The minimum atomic E-state index is -0.897. The molecule has 0 fully saturated rings. The van der Waals surface area contributed by atoms with Gasteiger partial charge in [-0.25, -0.2) is 4.39 Å². The van der Waals surface area contributed by atoms with Crippen molar-refractivity contribution in [1.82, 2.24) is 5.32 Å². The summed E-state index contributed by atoms with van der Waals surface area (Å²) >= 11 is 0. The van der Waals surface area contributed by atoms with Gasteiger partial charge in [-0.3, -0.25) is 4.79 Å². The molecule has 0 saturated carbocycles. The fourth-order valence-corrected chi connectivity index (χ4v) is 3.56. The Morgan fingerprint density at radius 2 is 2.03 bits per heavy atom. The number of allylic oxidation sites excluding steroid dienone is 5. The Morgan fingerprint density at radius 3 is 2.70 bits per heavy atom. The van der Waals surface area contributed by atoms with E-state index in [1.54, 1.807) is 12.2 Å². The highest BCUT2D eigenvalue weighted by molar-refractivity contribution is 5.81. The molecule has 1 rings (SSSR count). The highest BCUT2D eigenvalue weighted by Gasteiger charge is 2.19. The van der Waals surface area contributed by atoms with Crippen molar-refractivity contribution in [2.75, 3.05) is 13.2 Å². The van der Waals surface area contributed by atoms with Crippen LogP contribution < -0.4 is 11.1 Å². The van der Waals surface area contributed by atoms with Crippen molar-refractivity contribution >= 4 is 5.91 Å². The lowest BCUT2D eigenvalue weighted by molar-refractivity contribution is -0.123. The normalized spacial score (nSPS) is 21.9. The minimum absolute atomic E-state index is 0.0358. The molecule has 0 aromatic carbocycles. The lowest BCUT2D eigenvalue weighted by Crippen LogP contribution is -2.44. The van der Waals surface area contributed by atoms with E-state index < -0.39 is 12.2 Å². The third kappa shape index (κ3) is 10.4. The van der Waals surface area contributed by atoms with E-state index in [1.807, 2.05) is 19.9 Å². The molecule has 0 spiro atoms. The van der Waals surface area contributed by atoms with Crippen molar-refractivity contribution in [2.24, 2.45) is 23.5 Å². The summed E-state index contributed by atoms with van der Waals surface area (Å²) in [6.07, 6.45) is 16.0. The summed E-state index contributed by atoms with van der Waals surface area (Å²) < 4.78 is 19.1. The van der Waals surface area contributed by atoms with E-state index in [-0.39, 0.29) is 17.7 Å². The lowest BCUT2D eigenvalue weighted by atomic mass is 9.95. The van der Waals surface area contributed by atoms with Crippen LogP contribution in [-0.2, 0) is 9.53 Å². The van der Waals surface area contributed by atoms with Gasteiger partial charge in [-0.1, -0.05) is 52.2 Å². The fourth-order valence-electron chi connectivity index (χ4n) is 3.56. The van der Waals surface area contributed by atoms with Crippen molar-refractivity contribution in [2.45, 2.75) is 84.9 Å². The Kier molecular flexibility index (Phi) is 13.4. The first-order valence-corrected chi connectivity index (χ1v) is 11.7. The van der Waals surface area contributed by atoms with E-state index in [0.29, 0.717) is 19.1 Å². The highest BCUT2D eigenvalue weighted by atomic mass is 19.1. The summed E-state index contributed by atoms with van der Waals surface area (Å²) in [6.45, 7) is 9.35. The van der Waals surface area contributed by atoms with Gasteiger partial charge < -0.3 is 15.8 Å². The van der Waals surface area contributed by atoms with Crippen LogP contribution in [0.5, 0.6) is 0 Å². The van der Waals surface area contributed by atoms with Crippen molar-refractivity contribution in [3.63, 3.8) is 0 Å². The Morgan fingerprint density at radius 1 is 1.30 bits per heavy atom. The number of carbonyl (C=O) groups excluding carboxylic acids is 1. The number of hydrogen-bond donors (Lipinski definition) is 2. The second-order valence-electron chi connectivity index (χ2n) is 8.56. The van der Waals surface area contributed by atoms with Crippen LogP contribution in [0.15, 0.2) is 36.1 Å². The molecule has 0 saturated heterocycles. The molecule has 0 heterocycles. The molecule has 5 heteroatoms. The van der Waals surface area contributed by atoms with Crippen LogP contribution in [-0.4, -0.2) is 31.3 Å². The predicted molar refractivity (Wildman–Crippen MR) is 124 cm³/mol. The van der Waals surface area contributed by atoms with E-state index in [9.17, 15) is 9.18 Å². The highest BCUT2D eigenvalue weighted by Crippen LogP contribution is 2.21. The number of carbonyl (C=O) groups is 1. The number of nitrogens with two attached hydrogens (primary N) is 1. The molecule has 0 aliphatic heterocycles. The molecule has 30 heavy (non-hydrogen) atoms. The van der Waals surface area contributed by atoms with Crippen LogP contribution in [0.4, 0.5) is 4.39 Å². The van der Waals surface area contributed by atoms with E-state index in [4.69, 9.17) is 10.5 Å². The SMILES string of the molecule is CC=CC(CCCCCOC1=CC(C)C(F)C=C1)CCCNC(=O)C(N)C(C)CC.